The number of benzene rings is 2. The lowest BCUT2D eigenvalue weighted by atomic mass is 10.2. The average molecular weight is 411 g/mol. The highest BCUT2D eigenvalue weighted by Crippen LogP contribution is 2.25. The Bertz CT molecular complexity index is 980. The van der Waals surface area contributed by atoms with Crippen molar-refractivity contribution in [2.24, 2.45) is 0 Å². The zero-order valence-corrected chi connectivity index (χ0v) is 17.1. The number of thiazole rings is 1. The molecule has 1 saturated heterocycles. The van der Waals surface area contributed by atoms with E-state index in [-0.39, 0.29) is 18.1 Å². The van der Waals surface area contributed by atoms with Crippen molar-refractivity contribution >= 4 is 28.6 Å². The number of halogens is 1. The number of rotatable bonds is 5. The summed E-state index contributed by atoms with van der Waals surface area (Å²) in [5, 5.41) is 5.48. The minimum absolute atomic E-state index is 0.117. The fourth-order valence-corrected chi connectivity index (χ4v) is 4.15. The van der Waals surface area contributed by atoms with Crippen LogP contribution in [0.5, 0.6) is 0 Å². The summed E-state index contributed by atoms with van der Waals surface area (Å²) in [5.74, 6) is -0.412. The molecule has 0 radical (unpaired) electrons. The molecule has 150 valence electrons. The first-order valence-electron chi connectivity index (χ1n) is 9.60. The second-order valence-corrected chi connectivity index (χ2v) is 8.07. The second-order valence-electron chi connectivity index (χ2n) is 7.22. The minimum atomic E-state index is -0.294. The summed E-state index contributed by atoms with van der Waals surface area (Å²) >= 11 is 1.41. The molecule has 1 fully saturated rings. The van der Waals surface area contributed by atoms with Crippen molar-refractivity contribution < 1.29 is 9.18 Å². The molecule has 5 nitrogen and oxygen atoms in total. The zero-order valence-electron chi connectivity index (χ0n) is 16.3. The predicted molar refractivity (Wildman–Crippen MR) is 116 cm³/mol. The summed E-state index contributed by atoms with van der Waals surface area (Å²) in [5.41, 5.74) is 3.35. The molecule has 0 atom stereocenters. The van der Waals surface area contributed by atoms with E-state index in [0.717, 1.165) is 37.4 Å². The van der Waals surface area contributed by atoms with Crippen LogP contribution in [0.25, 0.3) is 10.6 Å². The Balaban J connectivity index is 1.34. The molecule has 0 spiro atoms. The van der Waals surface area contributed by atoms with Gasteiger partial charge in [0.15, 0.2) is 0 Å². The Labute approximate surface area is 173 Å². The first-order valence-corrected chi connectivity index (χ1v) is 10.5. The molecule has 0 unspecified atom stereocenters. The molecular weight excluding hydrogens is 387 g/mol. The lowest BCUT2D eigenvalue weighted by Gasteiger charge is -2.34. The molecule has 1 aromatic heterocycles. The Kier molecular flexibility index (Phi) is 5.87. The maximum Gasteiger partial charge on any atom is 0.230 e. The summed E-state index contributed by atoms with van der Waals surface area (Å²) < 4.78 is 13.4. The van der Waals surface area contributed by atoms with E-state index in [2.05, 4.69) is 27.1 Å². The maximum atomic E-state index is 13.4. The quantitative estimate of drug-likeness (QED) is 0.694. The number of carbonyl (C=O) groups excluding carboxylic acids is 1. The Morgan fingerprint density at radius 3 is 2.62 bits per heavy atom. The number of piperazine rings is 1. The van der Waals surface area contributed by atoms with Crippen molar-refractivity contribution in [2.45, 2.75) is 6.42 Å². The van der Waals surface area contributed by atoms with E-state index in [4.69, 9.17) is 0 Å². The van der Waals surface area contributed by atoms with E-state index in [1.807, 2.05) is 35.7 Å². The van der Waals surface area contributed by atoms with Crippen LogP contribution >= 0.6 is 11.3 Å². The van der Waals surface area contributed by atoms with Crippen LogP contribution in [-0.4, -0.2) is 49.0 Å². The van der Waals surface area contributed by atoms with Gasteiger partial charge in [-0.1, -0.05) is 12.1 Å². The standard InChI is InChI=1S/C22H23FN4OS/c1-26-9-11-27(12-10-26)20-7-5-18(6-8-20)24-21(28)14-19-15-29-22(25-19)16-3-2-4-17(23)13-16/h2-8,13,15H,9-12,14H2,1H3,(H,24,28). The van der Waals surface area contributed by atoms with Gasteiger partial charge >= 0.3 is 0 Å². The van der Waals surface area contributed by atoms with Crippen LogP contribution in [0.1, 0.15) is 5.69 Å². The number of nitrogens with one attached hydrogen (secondary N) is 1. The van der Waals surface area contributed by atoms with E-state index < -0.39 is 0 Å². The van der Waals surface area contributed by atoms with Crippen molar-refractivity contribution in [3.05, 3.63) is 65.4 Å². The van der Waals surface area contributed by atoms with Crippen molar-refractivity contribution in [1.82, 2.24) is 9.88 Å². The van der Waals surface area contributed by atoms with Crippen molar-refractivity contribution in [3.8, 4) is 10.6 Å². The van der Waals surface area contributed by atoms with E-state index in [0.29, 0.717) is 10.7 Å². The topological polar surface area (TPSA) is 48.5 Å². The molecule has 3 aromatic rings. The number of hydrogen-bond acceptors (Lipinski definition) is 5. The number of nitrogens with zero attached hydrogens (tertiary/aromatic N) is 3. The summed E-state index contributed by atoms with van der Waals surface area (Å²) in [6.07, 6.45) is 0.187. The fourth-order valence-electron chi connectivity index (χ4n) is 3.33. The third kappa shape index (κ3) is 4.99. The van der Waals surface area contributed by atoms with Crippen LogP contribution in [0.4, 0.5) is 15.8 Å². The van der Waals surface area contributed by atoms with Gasteiger partial charge in [0, 0.05) is 48.5 Å². The molecule has 1 aliphatic rings. The summed E-state index contributed by atoms with van der Waals surface area (Å²) in [7, 11) is 2.14. The smallest absolute Gasteiger partial charge is 0.230 e. The third-order valence-electron chi connectivity index (χ3n) is 4.98. The summed E-state index contributed by atoms with van der Waals surface area (Å²) in [6, 6.07) is 14.3. The van der Waals surface area contributed by atoms with E-state index >= 15 is 0 Å². The fraction of sp³-hybridized carbons (Fsp3) is 0.273. The van der Waals surface area contributed by atoms with Crippen molar-refractivity contribution in [3.63, 3.8) is 0 Å². The van der Waals surface area contributed by atoms with Gasteiger partial charge in [0.2, 0.25) is 5.91 Å². The van der Waals surface area contributed by atoms with Gasteiger partial charge in [-0.2, -0.15) is 0 Å². The molecule has 1 amide bonds. The molecular formula is C22H23FN4OS. The highest BCUT2D eigenvalue weighted by atomic mass is 32.1. The molecule has 2 heterocycles. The number of aromatic nitrogens is 1. The van der Waals surface area contributed by atoms with Crippen LogP contribution in [0, 0.1) is 5.82 Å². The monoisotopic (exact) mass is 410 g/mol. The number of anilines is 2. The van der Waals surface area contributed by atoms with Gasteiger partial charge in [-0.25, -0.2) is 9.37 Å². The highest BCUT2D eigenvalue weighted by molar-refractivity contribution is 7.13. The van der Waals surface area contributed by atoms with Crippen LogP contribution in [-0.2, 0) is 11.2 Å². The van der Waals surface area contributed by atoms with E-state index in [1.54, 1.807) is 6.07 Å². The molecule has 29 heavy (non-hydrogen) atoms. The molecule has 0 saturated carbocycles. The number of hydrogen-bond donors (Lipinski definition) is 1. The van der Waals surface area contributed by atoms with Crippen LogP contribution < -0.4 is 10.2 Å². The number of likely N-dealkylation sites (N-methyl/N-ethyl adjacent to an activating group) is 1. The Morgan fingerprint density at radius 1 is 1.14 bits per heavy atom. The number of carbonyl (C=O) groups is 1. The van der Waals surface area contributed by atoms with Crippen LogP contribution in [0.2, 0.25) is 0 Å². The zero-order chi connectivity index (χ0) is 20.2. The van der Waals surface area contributed by atoms with Gasteiger partial charge in [-0.3, -0.25) is 4.79 Å². The number of amides is 1. The summed E-state index contributed by atoms with van der Waals surface area (Å²) in [6.45, 7) is 4.15. The van der Waals surface area contributed by atoms with Gasteiger partial charge in [0.05, 0.1) is 12.1 Å². The summed E-state index contributed by atoms with van der Waals surface area (Å²) in [4.78, 5) is 21.5. The first-order chi connectivity index (χ1) is 14.1. The maximum absolute atomic E-state index is 13.4. The average Bonchev–Trinajstić information content (AvgIpc) is 3.18. The van der Waals surface area contributed by atoms with Crippen LogP contribution in [0.3, 0.4) is 0 Å². The normalized spacial score (nSPS) is 14.8. The van der Waals surface area contributed by atoms with E-state index in [9.17, 15) is 9.18 Å². The van der Waals surface area contributed by atoms with Gasteiger partial charge < -0.3 is 15.1 Å². The van der Waals surface area contributed by atoms with Crippen molar-refractivity contribution in [1.29, 1.82) is 0 Å². The largest absolute Gasteiger partial charge is 0.369 e. The van der Waals surface area contributed by atoms with Gasteiger partial charge in [0.1, 0.15) is 10.8 Å². The Morgan fingerprint density at radius 2 is 1.90 bits per heavy atom. The van der Waals surface area contributed by atoms with Gasteiger partial charge in [-0.05, 0) is 43.4 Å². The van der Waals surface area contributed by atoms with Gasteiger partial charge in [-0.15, -0.1) is 11.3 Å². The Hall–Kier alpha value is -2.77. The molecule has 4 rings (SSSR count). The van der Waals surface area contributed by atoms with Gasteiger partial charge in [0.25, 0.3) is 0 Å². The molecule has 7 heteroatoms. The molecule has 2 aromatic carbocycles. The molecule has 0 aliphatic carbocycles. The minimum Gasteiger partial charge on any atom is -0.369 e. The molecule has 1 N–H and O–H groups in total. The van der Waals surface area contributed by atoms with Crippen LogP contribution in [0.15, 0.2) is 53.9 Å². The highest BCUT2D eigenvalue weighted by Gasteiger charge is 2.14. The SMILES string of the molecule is CN1CCN(c2ccc(NC(=O)Cc3csc(-c4cccc(F)c4)n3)cc2)CC1. The second kappa shape index (κ2) is 8.71. The lowest BCUT2D eigenvalue weighted by Crippen LogP contribution is -2.44. The van der Waals surface area contributed by atoms with Crippen molar-refractivity contribution in [2.75, 3.05) is 43.4 Å². The lowest BCUT2D eigenvalue weighted by molar-refractivity contribution is -0.115. The third-order valence-corrected chi connectivity index (χ3v) is 5.92. The molecule has 1 aliphatic heterocycles. The van der Waals surface area contributed by atoms with E-state index in [1.165, 1.54) is 29.2 Å². The first kappa shape index (κ1) is 19.5. The molecule has 0 bridgehead atoms. The predicted octanol–water partition coefficient (Wildman–Crippen LogP) is 3.88.